The second kappa shape index (κ2) is 8.57. The van der Waals surface area contributed by atoms with Crippen LogP contribution in [0, 0.1) is 18.3 Å². The Morgan fingerprint density at radius 3 is 2.52 bits per heavy atom. The first-order chi connectivity index (χ1) is 15.6. The van der Waals surface area contributed by atoms with E-state index in [0.29, 0.717) is 29.8 Å². The summed E-state index contributed by atoms with van der Waals surface area (Å²) in [5.41, 5.74) is 2.33. The van der Waals surface area contributed by atoms with Crippen molar-refractivity contribution < 1.29 is 13.2 Å². The Bertz CT molecular complexity index is 1350. The molecule has 1 aliphatic carbocycles. The van der Waals surface area contributed by atoms with Gasteiger partial charge < -0.3 is 5.32 Å². The molecule has 8 nitrogen and oxygen atoms in total. The van der Waals surface area contributed by atoms with E-state index in [1.807, 2.05) is 19.1 Å². The number of aryl methyl sites for hydroxylation is 1. The van der Waals surface area contributed by atoms with Gasteiger partial charge in [-0.05, 0) is 57.4 Å². The maximum absolute atomic E-state index is 13.1. The van der Waals surface area contributed by atoms with Crippen LogP contribution in [0.5, 0.6) is 0 Å². The van der Waals surface area contributed by atoms with Gasteiger partial charge in [0.15, 0.2) is 5.13 Å². The molecule has 1 saturated carbocycles. The molecule has 0 bridgehead atoms. The summed E-state index contributed by atoms with van der Waals surface area (Å²) in [6.07, 6.45) is 4.51. The van der Waals surface area contributed by atoms with E-state index in [1.54, 1.807) is 38.2 Å². The Kier molecular flexibility index (Phi) is 5.95. The van der Waals surface area contributed by atoms with Crippen molar-refractivity contribution in [2.75, 3.05) is 10.0 Å². The van der Waals surface area contributed by atoms with Gasteiger partial charge in [-0.2, -0.15) is 5.26 Å². The van der Waals surface area contributed by atoms with Gasteiger partial charge in [0.05, 0.1) is 21.9 Å². The third-order valence-electron chi connectivity index (χ3n) is 5.49. The fourth-order valence-electron chi connectivity index (χ4n) is 3.40. The summed E-state index contributed by atoms with van der Waals surface area (Å²) in [7, 11) is -3.41. The van der Waals surface area contributed by atoms with Crippen molar-refractivity contribution in [2.24, 2.45) is 0 Å². The molecule has 0 unspecified atom stereocenters. The molecule has 0 aliphatic heterocycles. The van der Waals surface area contributed by atoms with E-state index in [9.17, 15) is 13.2 Å². The van der Waals surface area contributed by atoms with Gasteiger partial charge in [-0.3, -0.25) is 14.5 Å². The number of pyridine rings is 1. The number of anilines is 2. The van der Waals surface area contributed by atoms with Crippen LogP contribution in [0.3, 0.4) is 0 Å². The van der Waals surface area contributed by atoms with Crippen molar-refractivity contribution in [3.63, 3.8) is 0 Å². The number of amides is 1. The van der Waals surface area contributed by atoms with Crippen molar-refractivity contribution in [3.05, 3.63) is 58.9 Å². The zero-order valence-corrected chi connectivity index (χ0v) is 20.0. The smallest absolute Gasteiger partial charge is 0.237 e. The highest BCUT2D eigenvalue weighted by molar-refractivity contribution is 7.93. The third-order valence-corrected chi connectivity index (χ3v) is 8.33. The summed E-state index contributed by atoms with van der Waals surface area (Å²) < 4.78 is 27.0. The third kappa shape index (κ3) is 4.89. The largest absolute Gasteiger partial charge is 0.325 e. The quantitative estimate of drug-likeness (QED) is 0.521. The lowest BCUT2D eigenvalue weighted by molar-refractivity contribution is -0.120. The first-order valence-corrected chi connectivity index (χ1v) is 12.7. The maximum atomic E-state index is 13.1. The fraction of sp³-hybridized carbons (Fsp3) is 0.304. The molecule has 33 heavy (non-hydrogen) atoms. The lowest BCUT2D eigenvalue weighted by Crippen LogP contribution is -2.35. The van der Waals surface area contributed by atoms with E-state index >= 15 is 0 Å². The number of thiazole rings is 1. The molecule has 1 amide bonds. The van der Waals surface area contributed by atoms with Crippen molar-refractivity contribution in [3.8, 4) is 17.2 Å². The van der Waals surface area contributed by atoms with Gasteiger partial charge in [-0.25, -0.2) is 13.4 Å². The number of hydrogen-bond donors (Lipinski definition) is 2. The van der Waals surface area contributed by atoms with Crippen LogP contribution in [0.1, 0.15) is 42.8 Å². The number of aromatic nitrogens is 2. The van der Waals surface area contributed by atoms with Gasteiger partial charge in [0, 0.05) is 28.5 Å². The molecule has 1 fully saturated rings. The number of nitriles is 1. The second-order valence-corrected chi connectivity index (χ2v) is 11.7. The zero-order chi connectivity index (χ0) is 23.8. The monoisotopic (exact) mass is 481 g/mol. The number of nitrogens with zero attached hydrogens (tertiary/aromatic N) is 3. The van der Waals surface area contributed by atoms with Gasteiger partial charge in [0.2, 0.25) is 15.9 Å². The molecule has 1 aliphatic rings. The van der Waals surface area contributed by atoms with Crippen LogP contribution >= 0.6 is 11.3 Å². The second-order valence-electron chi connectivity index (χ2n) is 8.50. The molecule has 0 atom stereocenters. The van der Waals surface area contributed by atoms with Crippen LogP contribution in [-0.2, 0) is 20.2 Å². The zero-order valence-electron chi connectivity index (χ0n) is 18.4. The van der Waals surface area contributed by atoms with Crippen molar-refractivity contribution >= 4 is 38.1 Å². The van der Waals surface area contributed by atoms with Crippen molar-refractivity contribution in [1.82, 2.24) is 9.97 Å². The topological polar surface area (TPSA) is 125 Å². The summed E-state index contributed by atoms with van der Waals surface area (Å²) >= 11 is 1.23. The molecule has 0 radical (unpaired) electrons. The standard InChI is InChI=1S/C23H23N5O3S2/c1-14-20(27-22(32-14)28-33(30,31)19-8-9-19)23(2,3)21(29)26-18-6-4-16(5-7-18)17-10-15(11-24)12-25-13-17/h4-7,10,12-13,19H,8-9H2,1-3H3,(H,26,29)(H,27,28). The van der Waals surface area contributed by atoms with E-state index in [4.69, 9.17) is 5.26 Å². The van der Waals surface area contributed by atoms with Crippen LogP contribution in [0.2, 0.25) is 0 Å². The lowest BCUT2D eigenvalue weighted by atomic mass is 9.87. The molecule has 10 heteroatoms. The Balaban J connectivity index is 1.49. The molecule has 170 valence electrons. The predicted molar refractivity (Wildman–Crippen MR) is 128 cm³/mol. The van der Waals surface area contributed by atoms with Crippen LogP contribution < -0.4 is 10.0 Å². The minimum absolute atomic E-state index is 0.256. The number of carbonyl (C=O) groups excluding carboxylic acids is 1. The molecule has 3 aromatic rings. The van der Waals surface area contributed by atoms with Crippen LogP contribution in [0.4, 0.5) is 10.8 Å². The average Bonchev–Trinajstić information content (AvgIpc) is 3.58. The van der Waals surface area contributed by atoms with E-state index in [-0.39, 0.29) is 16.3 Å². The summed E-state index contributed by atoms with van der Waals surface area (Å²) in [4.78, 5) is 22.4. The van der Waals surface area contributed by atoms with Gasteiger partial charge in [0.25, 0.3) is 0 Å². The molecule has 2 heterocycles. The normalized spacial score (nSPS) is 13.9. The number of hydrogen-bond acceptors (Lipinski definition) is 7. The van der Waals surface area contributed by atoms with E-state index < -0.39 is 15.4 Å². The fourth-order valence-corrected chi connectivity index (χ4v) is 5.96. The van der Waals surface area contributed by atoms with Crippen LogP contribution in [0.25, 0.3) is 11.1 Å². The summed E-state index contributed by atoms with van der Waals surface area (Å²) in [5.74, 6) is -0.256. The highest BCUT2D eigenvalue weighted by Crippen LogP contribution is 2.35. The SMILES string of the molecule is Cc1sc(NS(=O)(=O)C2CC2)nc1C(C)(C)C(=O)Nc1ccc(-c2cncc(C#N)c2)cc1. The summed E-state index contributed by atoms with van der Waals surface area (Å²) in [6.45, 7) is 5.35. The van der Waals surface area contributed by atoms with E-state index in [0.717, 1.165) is 16.0 Å². The number of sulfonamides is 1. The molecule has 4 rings (SSSR count). The number of carbonyl (C=O) groups is 1. The first-order valence-electron chi connectivity index (χ1n) is 10.4. The van der Waals surface area contributed by atoms with Gasteiger partial charge >= 0.3 is 0 Å². The molecular formula is C23H23N5O3S2. The molecule has 2 N–H and O–H groups in total. The van der Waals surface area contributed by atoms with E-state index in [1.165, 1.54) is 17.5 Å². The predicted octanol–water partition coefficient (Wildman–Crippen LogP) is 4.21. The molecule has 1 aromatic carbocycles. The average molecular weight is 482 g/mol. The van der Waals surface area contributed by atoms with Crippen molar-refractivity contribution in [2.45, 2.75) is 44.3 Å². The molecule has 0 spiro atoms. The van der Waals surface area contributed by atoms with Crippen LogP contribution in [0.15, 0.2) is 42.7 Å². The summed E-state index contributed by atoms with van der Waals surface area (Å²) in [5, 5.41) is 11.9. The van der Waals surface area contributed by atoms with Gasteiger partial charge in [0.1, 0.15) is 6.07 Å². The Morgan fingerprint density at radius 1 is 1.18 bits per heavy atom. The summed E-state index contributed by atoms with van der Waals surface area (Å²) in [6, 6.07) is 11.1. The highest BCUT2D eigenvalue weighted by atomic mass is 32.2. The number of rotatable bonds is 7. The van der Waals surface area contributed by atoms with Gasteiger partial charge in [-0.15, -0.1) is 11.3 Å². The molecule has 0 saturated heterocycles. The molecular weight excluding hydrogens is 458 g/mol. The molecule has 2 aromatic heterocycles. The van der Waals surface area contributed by atoms with Crippen molar-refractivity contribution in [1.29, 1.82) is 5.26 Å². The first kappa shape index (κ1) is 22.9. The van der Waals surface area contributed by atoms with Crippen LogP contribution in [-0.4, -0.2) is 29.5 Å². The Hall–Kier alpha value is -3.29. The Morgan fingerprint density at radius 2 is 1.88 bits per heavy atom. The minimum atomic E-state index is -3.41. The number of benzene rings is 1. The maximum Gasteiger partial charge on any atom is 0.237 e. The lowest BCUT2D eigenvalue weighted by Gasteiger charge is -2.22. The van der Waals surface area contributed by atoms with Gasteiger partial charge in [-0.1, -0.05) is 12.1 Å². The number of nitrogens with one attached hydrogen (secondary N) is 2. The highest BCUT2D eigenvalue weighted by Gasteiger charge is 2.38. The minimum Gasteiger partial charge on any atom is -0.325 e. The van der Waals surface area contributed by atoms with E-state index in [2.05, 4.69) is 26.1 Å². The Labute approximate surface area is 196 Å².